The molecule has 2 aliphatic rings. The largest absolute Gasteiger partial charge is 0.369 e. The Morgan fingerprint density at radius 3 is 2.46 bits per heavy atom. The molecular weight excluding hydrogens is 381 g/mol. The highest BCUT2D eigenvalue weighted by atomic mass is 32.2. The van der Waals surface area contributed by atoms with E-state index in [9.17, 15) is 13.2 Å². The van der Waals surface area contributed by atoms with Crippen molar-refractivity contribution >= 4 is 26.4 Å². The van der Waals surface area contributed by atoms with Crippen molar-refractivity contribution < 1.29 is 12.8 Å². The minimum atomic E-state index is -3.70. The van der Waals surface area contributed by atoms with Crippen LogP contribution in [0.5, 0.6) is 0 Å². The normalized spacial score (nSPS) is 21.5. The van der Waals surface area contributed by atoms with E-state index in [0.29, 0.717) is 41.2 Å². The van der Waals surface area contributed by atoms with Gasteiger partial charge in [0.1, 0.15) is 10.7 Å². The Bertz CT molecular complexity index is 1120. The second-order valence-corrected chi connectivity index (χ2v) is 10.3. The molecule has 4 rings (SSSR count). The number of benzene rings is 1. The van der Waals surface area contributed by atoms with Gasteiger partial charge in [-0.05, 0) is 56.7 Å². The van der Waals surface area contributed by atoms with Gasteiger partial charge >= 0.3 is 0 Å². The molecule has 2 atom stereocenters. The molecule has 2 heterocycles. The maximum atomic E-state index is 15.1. The molecule has 1 saturated carbocycles. The van der Waals surface area contributed by atoms with E-state index < -0.39 is 21.2 Å². The van der Waals surface area contributed by atoms with E-state index in [-0.39, 0.29) is 17.0 Å². The summed E-state index contributed by atoms with van der Waals surface area (Å²) in [4.78, 5) is 14.7. The van der Waals surface area contributed by atoms with Crippen LogP contribution in [-0.2, 0) is 9.84 Å². The number of halogens is 1. The fraction of sp³-hybridized carbons (Fsp3) is 0.550. The maximum absolute atomic E-state index is 15.1. The first kappa shape index (κ1) is 19.4. The molecular formula is C20H26FN3O3S. The highest BCUT2D eigenvalue weighted by Gasteiger charge is 2.33. The second-order valence-electron chi connectivity index (χ2n) is 8.31. The molecule has 0 spiro atoms. The summed E-state index contributed by atoms with van der Waals surface area (Å²) in [5.74, 6) is -0.0940. The molecule has 28 heavy (non-hydrogen) atoms. The fourth-order valence-corrected chi connectivity index (χ4v) is 5.15. The van der Waals surface area contributed by atoms with E-state index in [4.69, 9.17) is 5.73 Å². The van der Waals surface area contributed by atoms with Gasteiger partial charge in [-0.15, -0.1) is 0 Å². The number of fused-ring (bicyclic) bond motifs is 1. The average molecular weight is 408 g/mol. The number of nitrogens with two attached hydrogens (primary N) is 1. The molecule has 1 saturated heterocycles. The lowest BCUT2D eigenvalue weighted by Gasteiger charge is -2.25. The van der Waals surface area contributed by atoms with Crippen LogP contribution < -0.4 is 16.2 Å². The first-order valence-corrected chi connectivity index (χ1v) is 11.6. The van der Waals surface area contributed by atoms with Gasteiger partial charge in [0.15, 0.2) is 9.84 Å². The third-order valence-corrected chi connectivity index (χ3v) is 7.14. The van der Waals surface area contributed by atoms with Gasteiger partial charge in [0, 0.05) is 36.8 Å². The summed E-state index contributed by atoms with van der Waals surface area (Å²) in [6, 6.07) is 2.70. The predicted octanol–water partition coefficient (Wildman–Crippen LogP) is 2.36. The molecule has 2 aromatic rings. The van der Waals surface area contributed by atoms with Crippen molar-refractivity contribution in [2.24, 2.45) is 11.7 Å². The number of rotatable bonds is 4. The van der Waals surface area contributed by atoms with Gasteiger partial charge in [-0.1, -0.05) is 0 Å². The molecule has 0 radical (unpaired) electrons. The van der Waals surface area contributed by atoms with Crippen LogP contribution in [0.25, 0.3) is 10.9 Å². The van der Waals surface area contributed by atoms with Crippen molar-refractivity contribution in [3.05, 3.63) is 33.9 Å². The summed E-state index contributed by atoms with van der Waals surface area (Å²) in [6.07, 6.45) is 3.56. The summed E-state index contributed by atoms with van der Waals surface area (Å²) >= 11 is 0. The number of hydrogen-bond acceptors (Lipinski definition) is 5. The average Bonchev–Trinajstić information content (AvgIpc) is 3.30. The molecule has 0 bridgehead atoms. The summed E-state index contributed by atoms with van der Waals surface area (Å²) in [5.41, 5.74) is 7.35. The van der Waals surface area contributed by atoms with Crippen molar-refractivity contribution in [1.29, 1.82) is 0 Å². The molecule has 1 aliphatic carbocycles. The number of aromatic nitrogens is 1. The van der Waals surface area contributed by atoms with Gasteiger partial charge in [-0.25, -0.2) is 12.8 Å². The van der Waals surface area contributed by atoms with Crippen LogP contribution in [0.3, 0.4) is 0 Å². The number of hydrogen-bond donors (Lipinski definition) is 1. The van der Waals surface area contributed by atoms with Crippen LogP contribution in [0.15, 0.2) is 21.8 Å². The smallest absolute Gasteiger partial charge is 0.270 e. The molecule has 8 heteroatoms. The zero-order valence-electron chi connectivity index (χ0n) is 16.4. The fourth-order valence-electron chi connectivity index (χ4n) is 4.39. The lowest BCUT2D eigenvalue weighted by atomic mass is 10.0. The van der Waals surface area contributed by atoms with Gasteiger partial charge < -0.3 is 15.2 Å². The summed E-state index contributed by atoms with van der Waals surface area (Å²) in [7, 11) is -3.70. The van der Waals surface area contributed by atoms with E-state index in [1.165, 1.54) is 12.1 Å². The topological polar surface area (TPSA) is 85.4 Å². The standard InChI is InChI=1S/C20H26FN3O3S/c1-11-18-14(8-16(21)19(11)23-7-6-13(10-23)12(2)22)9-17(28(3,26)27)20(25)24(18)15-4-5-15/h8-9,12-13,15H,4-7,10,22H2,1-3H3/t12-,13?/m0/s1. The maximum Gasteiger partial charge on any atom is 0.270 e. The highest BCUT2D eigenvalue weighted by molar-refractivity contribution is 7.90. The Labute approximate surface area is 164 Å². The van der Waals surface area contributed by atoms with Gasteiger partial charge in [-0.3, -0.25) is 4.79 Å². The van der Waals surface area contributed by atoms with E-state index in [1.807, 2.05) is 18.7 Å². The molecule has 2 fully saturated rings. The van der Waals surface area contributed by atoms with Crippen LogP contribution in [-0.4, -0.2) is 38.4 Å². The van der Waals surface area contributed by atoms with Crippen molar-refractivity contribution in [2.45, 2.75) is 50.1 Å². The van der Waals surface area contributed by atoms with Crippen molar-refractivity contribution in [1.82, 2.24) is 4.57 Å². The predicted molar refractivity (Wildman–Crippen MR) is 108 cm³/mol. The van der Waals surface area contributed by atoms with Crippen LogP contribution in [0, 0.1) is 18.7 Å². The van der Waals surface area contributed by atoms with Gasteiger partial charge in [0.25, 0.3) is 5.56 Å². The lowest BCUT2D eigenvalue weighted by molar-refractivity contribution is 0.487. The Balaban J connectivity index is 1.96. The molecule has 1 unspecified atom stereocenters. The molecule has 0 amide bonds. The third-order valence-electron chi connectivity index (χ3n) is 6.05. The zero-order chi connectivity index (χ0) is 20.4. The van der Waals surface area contributed by atoms with Crippen molar-refractivity contribution in [2.75, 3.05) is 24.2 Å². The van der Waals surface area contributed by atoms with E-state index in [2.05, 4.69) is 0 Å². The number of pyridine rings is 1. The number of nitrogens with zero attached hydrogens (tertiary/aromatic N) is 2. The molecule has 1 aliphatic heterocycles. The van der Waals surface area contributed by atoms with Crippen LogP contribution in [0.1, 0.15) is 37.8 Å². The number of aryl methyl sites for hydroxylation is 1. The first-order valence-electron chi connectivity index (χ1n) is 9.68. The minimum absolute atomic E-state index is 0.0240. The zero-order valence-corrected chi connectivity index (χ0v) is 17.2. The minimum Gasteiger partial charge on any atom is -0.369 e. The molecule has 2 N–H and O–H groups in total. The second kappa shape index (κ2) is 6.56. The van der Waals surface area contributed by atoms with Crippen molar-refractivity contribution in [3.63, 3.8) is 0 Å². The first-order chi connectivity index (χ1) is 13.1. The third kappa shape index (κ3) is 3.12. The molecule has 1 aromatic carbocycles. The van der Waals surface area contributed by atoms with Gasteiger partial charge in [-0.2, -0.15) is 0 Å². The Morgan fingerprint density at radius 1 is 1.25 bits per heavy atom. The molecule has 6 nitrogen and oxygen atoms in total. The lowest BCUT2D eigenvalue weighted by Crippen LogP contribution is -2.30. The molecule has 152 valence electrons. The van der Waals surface area contributed by atoms with Crippen LogP contribution >= 0.6 is 0 Å². The van der Waals surface area contributed by atoms with E-state index in [1.54, 1.807) is 4.57 Å². The van der Waals surface area contributed by atoms with Gasteiger partial charge in [0.2, 0.25) is 0 Å². The van der Waals surface area contributed by atoms with Crippen LogP contribution in [0.4, 0.5) is 10.1 Å². The SMILES string of the molecule is Cc1c(N2CCC([C@H](C)N)C2)c(F)cc2cc(S(C)(=O)=O)c(=O)n(C3CC3)c12. The number of anilines is 1. The van der Waals surface area contributed by atoms with Gasteiger partial charge in [0.05, 0.1) is 11.2 Å². The van der Waals surface area contributed by atoms with E-state index in [0.717, 1.165) is 25.5 Å². The van der Waals surface area contributed by atoms with Crippen molar-refractivity contribution in [3.8, 4) is 0 Å². The molecule has 1 aromatic heterocycles. The monoisotopic (exact) mass is 407 g/mol. The summed E-state index contributed by atoms with van der Waals surface area (Å²) in [5, 5.41) is 0.452. The highest BCUT2D eigenvalue weighted by Crippen LogP contribution is 2.40. The van der Waals surface area contributed by atoms with Crippen LogP contribution in [0.2, 0.25) is 0 Å². The Morgan fingerprint density at radius 2 is 1.93 bits per heavy atom. The number of sulfone groups is 1. The Kier molecular flexibility index (Phi) is 4.54. The van der Waals surface area contributed by atoms with E-state index >= 15 is 4.39 Å². The summed E-state index contributed by atoms with van der Waals surface area (Å²) in [6.45, 7) is 5.17. The summed E-state index contributed by atoms with van der Waals surface area (Å²) < 4.78 is 40.9. The Hall–Kier alpha value is -1.93. The quantitative estimate of drug-likeness (QED) is 0.841.